The third-order valence-corrected chi connectivity index (χ3v) is 6.36. The summed E-state index contributed by atoms with van der Waals surface area (Å²) >= 11 is 0. The highest BCUT2D eigenvalue weighted by Crippen LogP contribution is 2.46. The number of likely N-dealkylation sites (tertiary alicyclic amines) is 1. The van der Waals surface area contributed by atoms with Gasteiger partial charge in [0.2, 0.25) is 5.78 Å². The zero-order valence-corrected chi connectivity index (χ0v) is 15.0. The van der Waals surface area contributed by atoms with Crippen LogP contribution in [-0.2, 0) is 9.59 Å². The standard InChI is InChI=1S/C20H26N2O3/c1-3-17(23)20(24)22-12-16(13-4-6-15(25-2)7-5-13)19-18(22)14-8-10-21(19)11-9-14/h4-7,14,16,18-19H,3,8-12H2,1-2H3/t16-,18+,19+/m1/s1. The Balaban J connectivity index is 1.67. The molecular formula is C20H26N2O3. The van der Waals surface area contributed by atoms with E-state index in [1.54, 1.807) is 14.0 Å². The SMILES string of the molecule is CCC(=O)C(=O)N1C[C@H](c2ccc(OC)cc2)[C@H]2[C@@H]1C1CCN2CC1. The molecule has 5 heteroatoms. The first kappa shape index (κ1) is 16.6. The molecule has 5 rings (SSSR count). The van der Waals surface area contributed by atoms with Crippen molar-refractivity contribution in [2.75, 3.05) is 26.7 Å². The lowest BCUT2D eigenvalue weighted by atomic mass is 9.75. The Morgan fingerprint density at radius 3 is 2.40 bits per heavy atom. The van der Waals surface area contributed by atoms with Gasteiger partial charge in [-0.1, -0.05) is 19.1 Å². The van der Waals surface area contributed by atoms with Crippen LogP contribution < -0.4 is 4.74 Å². The normalized spacial score (nSPS) is 33.2. The van der Waals surface area contributed by atoms with Crippen molar-refractivity contribution in [3.05, 3.63) is 29.8 Å². The molecule has 134 valence electrons. The highest BCUT2D eigenvalue weighted by molar-refractivity contribution is 6.36. The van der Waals surface area contributed by atoms with E-state index in [2.05, 4.69) is 17.0 Å². The topological polar surface area (TPSA) is 49.9 Å². The number of carbonyl (C=O) groups excluding carboxylic acids is 2. The Morgan fingerprint density at radius 2 is 1.80 bits per heavy atom. The van der Waals surface area contributed by atoms with Crippen molar-refractivity contribution in [2.45, 2.75) is 44.2 Å². The Kier molecular flexibility index (Phi) is 4.28. The third-order valence-electron chi connectivity index (χ3n) is 6.36. The predicted octanol–water partition coefficient (Wildman–Crippen LogP) is 2.06. The number of hydrogen-bond acceptors (Lipinski definition) is 4. The largest absolute Gasteiger partial charge is 0.497 e. The van der Waals surface area contributed by atoms with Crippen molar-refractivity contribution in [2.24, 2.45) is 5.92 Å². The molecule has 1 aromatic carbocycles. The molecule has 0 aromatic heterocycles. The van der Waals surface area contributed by atoms with Crippen LogP contribution in [0.5, 0.6) is 5.75 Å². The van der Waals surface area contributed by atoms with Crippen molar-refractivity contribution >= 4 is 11.7 Å². The van der Waals surface area contributed by atoms with Crippen molar-refractivity contribution < 1.29 is 14.3 Å². The second-order valence-electron chi connectivity index (χ2n) is 7.47. The molecule has 4 saturated heterocycles. The molecule has 0 spiro atoms. The molecule has 4 heterocycles. The van der Waals surface area contributed by atoms with Crippen LogP contribution >= 0.6 is 0 Å². The van der Waals surface area contributed by atoms with Crippen LogP contribution in [0.3, 0.4) is 0 Å². The van der Waals surface area contributed by atoms with Crippen molar-refractivity contribution in [1.82, 2.24) is 9.80 Å². The van der Waals surface area contributed by atoms with Gasteiger partial charge in [-0.25, -0.2) is 0 Å². The van der Waals surface area contributed by atoms with Gasteiger partial charge >= 0.3 is 0 Å². The minimum absolute atomic E-state index is 0.192. The van der Waals surface area contributed by atoms with Crippen molar-refractivity contribution in [3.8, 4) is 5.75 Å². The fraction of sp³-hybridized carbons (Fsp3) is 0.600. The summed E-state index contributed by atoms with van der Waals surface area (Å²) in [5.74, 6) is 1.12. The van der Waals surface area contributed by atoms with Crippen LogP contribution in [0.1, 0.15) is 37.7 Å². The second-order valence-corrected chi connectivity index (χ2v) is 7.47. The van der Waals surface area contributed by atoms with E-state index in [1.807, 2.05) is 17.0 Å². The van der Waals surface area contributed by atoms with E-state index < -0.39 is 0 Å². The molecule has 3 atom stereocenters. The number of fused-ring (bicyclic) bond motifs is 2. The third kappa shape index (κ3) is 2.65. The molecule has 0 radical (unpaired) electrons. The number of rotatable bonds is 4. The predicted molar refractivity (Wildman–Crippen MR) is 94.6 cm³/mol. The van der Waals surface area contributed by atoms with Crippen molar-refractivity contribution in [1.29, 1.82) is 0 Å². The number of Topliss-reactive ketones (excluding diaryl/α,β-unsaturated/α-hetero) is 1. The van der Waals surface area contributed by atoms with Gasteiger partial charge in [0, 0.05) is 24.9 Å². The molecule has 4 aliphatic rings. The molecule has 0 unspecified atom stereocenters. The van der Waals surface area contributed by atoms with Gasteiger partial charge in [-0.05, 0) is 49.5 Å². The van der Waals surface area contributed by atoms with E-state index in [4.69, 9.17) is 4.74 Å². The molecule has 2 bridgehead atoms. The summed E-state index contributed by atoms with van der Waals surface area (Å²) in [6.45, 7) is 4.65. The first-order valence-corrected chi connectivity index (χ1v) is 9.35. The summed E-state index contributed by atoms with van der Waals surface area (Å²) < 4.78 is 5.27. The Morgan fingerprint density at radius 1 is 1.12 bits per heavy atom. The van der Waals surface area contributed by atoms with Gasteiger partial charge in [0.05, 0.1) is 13.2 Å². The quantitative estimate of drug-likeness (QED) is 0.786. The maximum atomic E-state index is 12.7. The Hall–Kier alpha value is -1.88. The fourth-order valence-corrected chi connectivity index (χ4v) is 5.11. The van der Waals surface area contributed by atoms with Gasteiger partial charge in [-0.3, -0.25) is 14.5 Å². The molecule has 1 aromatic rings. The lowest BCUT2D eigenvalue weighted by Crippen LogP contribution is -2.61. The maximum Gasteiger partial charge on any atom is 0.290 e. The lowest BCUT2D eigenvalue weighted by molar-refractivity contribution is -0.147. The summed E-state index contributed by atoms with van der Waals surface area (Å²) in [6, 6.07) is 8.73. The molecule has 0 N–H and O–H groups in total. The van der Waals surface area contributed by atoms with E-state index in [-0.39, 0.29) is 30.1 Å². The maximum absolute atomic E-state index is 12.7. The number of piperidine rings is 3. The smallest absolute Gasteiger partial charge is 0.290 e. The van der Waals surface area contributed by atoms with Gasteiger partial charge in [0.1, 0.15) is 5.75 Å². The highest BCUT2D eigenvalue weighted by Gasteiger charge is 2.55. The van der Waals surface area contributed by atoms with Crippen LogP contribution in [0.25, 0.3) is 0 Å². The van der Waals surface area contributed by atoms with E-state index in [0.29, 0.717) is 18.5 Å². The molecular weight excluding hydrogens is 316 g/mol. The number of methoxy groups -OCH3 is 1. The van der Waals surface area contributed by atoms with Crippen LogP contribution in [0.4, 0.5) is 0 Å². The minimum atomic E-state index is -0.276. The highest BCUT2D eigenvalue weighted by atomic mass is 16.5. The second kappa shape index (κ2) is 6.45. The number of carbonyl (C=O) groups is 2. The average molecular weight is 342 g/mol. The van der Waals surface area contributed by atoms with Gasteiger partial charge in [-0.2, -0.15) is 0 Å². The van der Waals surface area contributed by atoms with Crippen LogP contribution in [-0.4, -0.2) is 60.3 Å². The van der Waals surface area contributed by atoms with Gasteiger partial charge < -0.3 is 9.64 Å². The van der Waals surface area contributed by atoms with E-state index >= 15 is 0 Å². The van der Waals surface area contributed by atoms with Crippen LogP contribution in [0.15, 0.2) is 24.3 Å². The number of ketones is 1. The van der Waals surface area contributed by atoms with Gasteiger partial charge in [-0.15, -0.1) is 0 Å². The first-order valence-electron chi connectivity index (χ1n) is 9.35. The average Bonchev–Trinajstić information content (AvgIpc) is 3.10. The summed E-state index contributed by atoms with van der Waals surface area (Å²) in [7, 11) is 1.67. The zero-order chi connectivity index (χ0) is 17.6. The first-order chi connectivity index (χ1) is 12.1. The van der Waals surface area contributed by atoms with E-state index in [0.717, 1.165) is 31.7 Å². The Bertz CT molecular complexity index is 664. The minimum Gasteiger partial charge on any atom is -0.497 e. The summed E-state index contributed by atoms with van der Waals surface area (Å²) in [6.07, 6.45) is 2.56. The van der Waals surface area contributed by atoms with E-state index in [1.165, 1.54) is 5.56 Å². The number of nitrogens with zero attached hydrogens (tertiary/aromatic N) is 2. The van der Waals surface area contributed by atoms with E-state index in [9.17, 15) is 9.59 Å². The zero-order valence-electron chi connectivity index (χ0n) is 15.0. The number of amides is 1. The summed E-state index contributed by atoms with van der Waals surface area (Å²) in [5, 5.41) is 0. The summed E-state index contributed by atoms with van der Waals surface area (Å²) in [5.41, 5.74) is 1.24. The lowest BCUT2D eigenvalue weighted by Gasteiger charge is -2.51. The molecule has 4 aliphatic heterocycles. The fourth-order valence-electron chi connectivity index (χ4n) is 5.11. The molecule has 0 aliphatic carbocycles. The monoisotopic (exact) mass is 342 g/mol. The van der Waals surface area contributed by atoms with Crippen LogP contribution in [0.2, 0.25) is 0 Å². The molecule has 25 heavy (non-hydrogen) atoms. The van der Waals surface area contributed by atoms with Gasteiger partial charge in [0.25, 0.3) is 5.91 Å². The molecule has 4 fully saturated rings. The molecule has 5 nitrogen and oxygen atoms in total. The van der Waals surface area contributed by atoms with Crippen molar-refractivity contribution in [3.63, 3.8) is 0 Å². The Labute approximate surface area is 148 Å². The number of benzene rings is 1. The number of hydrogen-bond donors (Lipinski definition) is 0. The number of ether oxygens (including phenoxy) is 1. The van der Waals surface area contributed by atoms with Crippen LogP contribution in [0, 0.1) is 5.92 Å². The molecule has 1 amide bonds. The summed E-state index contributed by atoms with van der Waals surface area (Å²) in [4.78, 5) is 29.3. The molecule has 0 saturated carbocycles. The van der Waals surface area contributed by atoms with Gasteiger partial charge in [0.15, 0.2) is 0 Å².